The number of hydrogen-bond donors (Lipinski definition) is 1. The maximum Gasteiger partial charge on any atom is 0.339 e. The first-order valence-electron chi connectivity index (χ1n) is 4.88. The molecule has 0 amide bonds. The van der Waals surface area contributed by atoms with Gasteiger partial charge in [-0.1, -0.05) is 11.6 Å². The van der Waals surface area contributed by atoms with E-state index >= 15 is 0 Å². The lowest BCUT2D eigenvalue weighted by atomic mass is 10.2. The Labute approximate surface area is 107 Å². The van der Waals surface area contributed by atoms with E-state index in [1.54, 1.807) is 0 Å². The molecule has 0 radical (unpaired) electrons. The van der Waals surface area contributed by atoms with Crippen molar-refractivity contribution >= 4 is 17.6 Å². The minimum Gasteiger partial charge on any atom is -0.478 e. The summed E-state index contributed by atoms with van der Waals surface area (Å²) in [6.07, 6.45) is 2.81. The van der Waals surface area contributed by atoms with Crippen molar-refractivity contribution in [3.8, 4) is 11.5 Å². The first kappa shape index (κ1) is 12.3. The molecule has 0 unspecified atom stereocenters. The van der Waals surface area contributed by atoms with Crippen LogP contribution >= 0.6 is 11.6 Å². The minimum atomic E-state index is -1.28. The van der Waals surface area contributed by atoms with Gasteiger partial charge in [0.1, 0.15) is 27.9 Å². The van der Waals surface area contributed by atoms with E-state index in [4.69, 9.17) is 21.4 Å². The average molecular weight is 268 g/mol. The highest BCUT2D eigenvalue weighted by Crippen LogP contribution is 2.30. The lowest BCUT2D eigenvalue weighted by Crippen LogP contribution is -2.01. The predicted octanol–water partition coefficient (Wildman–Crippen LogP) is 3.36. The van der Waals surface area contributed by atoms with Gasteiger partial charge in [0.2, 0.25) is 0 Å². The molecule has 0 aliphatic heterocycles. The maximum absolute atomic E-state index is 13.0. The van der Waals surface area contributed by atoms with Crippen molar-refractivity contribution in [1.82, 2.24) is 4.98 Å². The summed E-state index contributed by atoms with van der Waals surface area (Å²) >= 11 is 5.83. The van der Waals surface area contributed by atoms with Crippen LogP contribution in [0.4, 0.5) is 4.39 Å². The summed E-state index contributed by atoms with van der Waals surface area (Å²) in [5.74, 6) is -1.67. The Balaban J connectivity index is 2.41. The van der Waals surface area contributed by atoms with E-state index in [1.807, 2.05) is 0 Å². The Morgan fingerprint density at radius 3 is 2.78 bits per heavy atom. The van der Waals surface area contributed by atoms with Crippen LogP contribution in [0, 0.1) is 5.82 Å². The summed E-state index contributed by atoms with van der Waals surface area (Å²) in [5, 5.41) is 9.18. The van der Waals surface area contributed by atoms with Crippen LogP contribution in [0.5, 0.6) is 11.5 Å². The molecule has 2 aromatic rings. The molecule has 0 saturated heterocycles. The van der Waals surface area contributed by atoms with Gasteiger partial charge < -0.3 is 9.84 Å². The third-order valence-electron chi connectivity index (χ3n) is 2.13. The summed E-state index contributed by atoms with van der Waals surface area (Å²) in [6, 6.07) is 4.70. The normalized spacial score (nSPS) is 10.1. The summed E-state index contributed by atoms with van der Waals surface area (Å²) in [7, 11) is 0. The van der Waals surface area contributed by atoms with E-state index in [1.165, 1.54) is 24.5 Å². The largest absolute Gasteiger partial charge is 0.478 e. The SMILES string of the molecule is O=C(O)c1cc(F)ccc1Oc1ccncc1Cl. The number of halogens is 2. The van der Waals surface area contributed by atoms with Gasteiger partial charge in [0.15, 0.2) is 0 Å². The number of hydrogen-bond acceptors (Lipinski definition) is 3. The van der Waals surface area contributed by atoms with Gasteiger partial charge in [0.25, 0.3) is 0 Å². The topological polar surface area (TPSA) is 59.4 Å². The van der Waals surface area contributed by atoms with Crippen molar-refractivity contribution < 1.29 is 19.0 Å². The first-order valence-corrected chi connectivity index (χ1v) is 5.26. The Morgan fingerprint density at radius 2 is 2.11 bits per heavy atom. The van der Waals surface area contributed by atoms with E-state index in [0.29, 0.717) is 0 Å². The molecule has 1 aromatic heterocycles. The third kappa shape index (κ3) is 2.57. The van der Waals surface area contributed by atoms with Crippen LogP contribution in [0.2, 0.25) is 5.02 Å². The van der Waals surface area contributed by atoms with Gasteiger partial charge in [0, 0.05) is 18.5 Å². The molecule has 2 rings (SSSR count). The van der Waals surface area contributed by atoms with Gasteiger partial charge in [-0.05, 0) is 18.2 Å². The van der Waals surface area contributed by atoms with Gasteiger partial charge in [-0.25, -0.2) is 9.18 Å². The van der Waals surface area contributed by atoms with Gasteiger partial charge in [-0.15, -0.1) is 0 Å². The summed E-state index contributed by atoms with van der Waals surface area (Å²) in [6.45, 7) is 0. The first-order chi connectivity index (χ1) is 8.58. The standard InChI is InChI=1S/C12H7ClFNO3/c13-9-6-15-4-3-11(9)18-10-2-1-7(14)5-8(10)12(16)17/h1-6H,(H,16,17). The second-order valence-corrected chi connectivity index (χ2v) is 3.76. The number of benzene rings is 1. The number of carbonyl (C=O) groups is 1. The zero-order chi connectivity index (χ0) is 13.1. The van der Waals surface area contributed by atoms with Crippen LogP contribution in [0.25, 0.3) is 0 Å². The van der Waals surface area contributed by atoms with E-state index in [2.05, 4.69) is 4.98 Å². The number of aromatic carboxylic acids is 1. The summed E-state index contributed by atoms with van der Waals surface area (Å²) in [4.78, 5) is 14.7. The molecule has 0 fully saturated rings. The third-order valence-corrected chi connectivity index (χ3v) is 2.41. The van der Waals surface area contributed by atoms with E-state index in [9.17, 15) is 9.18 Å². The molecular weight excluding hydrogens is 261 g/mol. The molecule has 18 heavy (non-hydrogen) atoms. The Bertz CT molecular complexity index is 604. The molecule has 1 heterocycles. The maximum atomic E-state index is 13.0. The van der Waals surface area contributed by atoms with Gasteiger partial charge >= 0.3 is 5.97 Å². The second kappa shape index (κ2) is 5.01. The molecule has 6 heteroatoms. The van der Waals surface area contributed by atoms with Crippen molar-refractivity contribution in [2.24, 2.45) is 0 Å². The summed E-state index contributed by atoms with van der Waals surface area (Å²) in [5.41, 5.74) is -0.275. The molecule has 0 bridgehead atoms. The van der Waals surface area contributed by atoms with Crippen LogP contribution in [0.3, 0.4) is 0 Å². The summed E-state index contributed by atoms with van der Waals surface area (Å²) < 4.78 is 18.3. The molecule has 0 aliphatic rings. The minimum absolute atomic E-state index is 0.0111. The molecule has 1 aromatic carbocycles. The quantitative estimate of drug-likeness (QED) is 0.926. The van der Waals surface area contributed by atoms with Crippen molar-refractivity contribution in [2.75, 3.05) is 0 Å². The molecule has 0 spiro atoms. The molecule has 0 aliphatic carbocycles. The average Bonchev–Trinajstić information content (AvgIpc) is 2.34. The van der Waals surface area contributed by atoms with Crippen LogP contribution < -0.4 is 4.74 Å². The van der Waals surface area contributed by atoms with Crippen molar-refractivity contribution in [2.45, 2.75) is 0 Å². The molecular formula is C12H7ClFNO3. The van der Waals surface area contributed by atoms with Gasteiger partial charge in [-0.3, -0.25) is 4.98 Å². The Morgan fingerprint density at radius 1 is 1.33 bits per heavy atom. The number of rotatable bonds is 3. The van der Waals surface area contributed by atoms with Crippen LogP contribution in [0.15, 0.2) is 36.7 Å². The lowest BCUT2D eigenvalue weighted by molar-refractivity contribution is 0.0693. The van der Waals surface area contributed by atoms with Gasteiger partial charge in [-0.2, -0.15) is 0 Å². The number of nitrogens with zero attached hydrogens (tertiary/aromatic N) is 1. The molecule has 1 N–H and O–H groups in total. The monoisotopic (exact) mass is 267 g/mol. The number of ether oxygens (including phenoxy) is 1. The fourth-order valence-electron chi connectivity index (χ4n) is 1.32. The molecule has 92 valence electrons. The van der Waals surface area contributed by atoms with Crippen LogP contribution in [-0.4, -0.2) is 16.1 Å². The van der Waals surface area contributed by atoms with Crippen LogP contribution in [-0.2, 0) is 0 Å². The number of carboxylic acid groups (broad SMARTS) is 1. The van der Waals surface area contributed by atoms with Crippen molar-refractivity contribution in [3.05, 3.63) is 53.1 Å². The second-order valence-electron chi connectivity index (χ2n) is 3.35. The number of pyridine rings is 1. The zero-order valence-electron chi connectivity index (χ0n) is 8.93. The van der Waals surface area contributed by atoms with Crippen molar-refractivity contribution in [3.63, 3.8) is 0 Å². The van der Waals surface area contributed by atoms with E-state index in [-0.39, 0.29) is 22.1 Å². The number of carboxylic acids is 1. The highest BCUT2D eigenvalue weighted by Gasteiger charge is 2.14. The zero-order valence-corrected chi connectivity index (χ0v) is 9.69. The smallest absolute Gasteiger partial charge is 0.339 e. The molecule has 4 nitrogen and oxygen atoms in total. The van der Waals surface area contributed by atoms with Crippen LogP contribution in [0.1, 0.15) is 10.4 Å². The lowest BCUT2D eigenvalue weighted by Gasteiger charge is -2.09. The van der Waals surface area contributed by atoms with Crippen molar-refractivity contribution in [1.29, 1.82) is 0 Å². The highest BCUT2D eigenvalue weighted by atomic mass is 35.5. The van der Waals surface area contributed by atoms with E-state index < -0.39 is 11.8 Å². The molecule has 0 saturated carbocycles. The Kier molecular flexibility index (Phi) is 3.43. The predicted molar refractivity (Wildman–Crippen MR) is 62.7 cm³/mol. The number of aromatic nitrogens is 1. The fourth-order valence-corrected chi connectivity index (χ4v) is 1.48. The fraction of sp³-hybridized carbons (Fsp3) is 0. The Hall–Kier alpha value is -2.14. The molecule has 0 atom stereocenters. The van der Waals surface area contributed by atoms with Gasteiger partial charge in [0.05, 0.1) is 0 Å². The van der Waals surface area contributed by atoms with E-state index in [0.717, 1.165) is 12.1 Å². The highest BCUT2D eigenvalue weighted by molar-refractivity contribution is 6.31.